The van der Waals surface area contributed by atoms with Crippen molar-refractivity contribution in [2.75, 3.05) is 0 Å². The van der Waals surface area contributed by atoms with E-state index in [0.29, 0.717) is 0 Å². The van der Waals surface area contributed by atoms with Gasteiger partial charge in [-0.1, -0.05) is 133 Å². The average molecular weight is 517 g/mol. The van der Waals surface area contributed by atoms with Gasteiger partial charge in [0, 0.05) is 0 Å². The summed E-state index contributed by atoms with van der Waals surface area (Å²) in [6.45, 7) is 0. The van der Waals surface area contributed by atoms with Gasteiger partial charge >= 0.3 is 23.9 Å². The maximum absolute atomic E-state index is 10.5. The topological polar surface area (TPSA) is 80.3 Å². The summed E-state index contributed by atoms with van der Waals surface area (Å²) in [5.74, 6) is -0.917. The van der Waals surface area contributed by atoms with E-state index < -0.39 is 22.4 Å². The Kier molecular flexibility index (Phi) is 16.6. The van der Waals surface area contributed by atoms with Crippen molar-refractivity contribution in [2.24, 2.45) is 0 Å². The fraction of sp³-hybridized carbons (Fsp3) is 0. The van der Waals surface area contributed by atoms with Crippen LogP contribution in [-0.4, -0.2) is 23.9 Å². The van der Waals surface area contributed by atoms with Crippen LogP contribution in [0.1, 0.15) is 0 Å². The molecule has 2 radical (unpaired) electrons. The standard InChI is InChI=1S/2C7H6O2.2C6H6.Sn/c2*8-6-4-2-1-3-5-7(6)9;2*1-2-4-6-5-3-1;/h2*1-5H,(H,8,9);2*1-6H;/q;;;;+2/p-2. The summed E-state index contributed by atoms with van der Waals surface area (Å²) in [6.07, 6.45) is 0. The van der Waals surface area contributed by atoms with Crippen LogP contribution in [0.3, 0.4) is 0 Å². The number of rotatable bonds is 0. The van der Waals surface area contributed by atoms with Crippen molar-refractivity contribution >= 4 is 23.9 Å². The minimum absolute atomic E-state index is 0. The van der Waals surface area contributed by atoms with Crippen molar-refractivity contribution in [3.63, 3.8) is 0 Å². The van der Waals surface area contributed by atoms with Crippen molar-refractivity contribution in [3.8, 4) is 11.5 Å². The molecule has 4 nitrogen and oxygen atoms in total. The molecule has 5 heteroatoms. The summed E-state index contributed by atoms with van der Waals surface area (Å²) in [5, 5.41) is 21.0. The predicted octanol–water partition coefficient (Wildman–Crippen LogP) is 3.23. The first-order valence-electron chi connectivity index (χ1n) is 9.14. The van der Waals surface area contributed by atoms with E-state index in [0.717, 1.165) is 0 Å². The van der Waals surface area contributed by atoms with E-state index >= 15 is 0 Å². The van der Waals surface area contributed by atoms with E-state index in [1.54, 1.807) is 36.4 Å². The largest absolute Gasteiger partial charge is 2.00 e. The zero-order valence-corrected chi connectivity index (χ0v) is 19.7. The van der Waals surface area contributed by atoms with Gasteiger partial charge in [0.25, 0.3) is 0 Å². The third-order valence-electron chi connectivity index (χ3n) is 3.25. The molecule has 0 aliphatic heterocycles. The van der Waals surface area contributed by atoms with E-state index in [1.807, 2.05) is 72.8 Å². The van der Waals surface area contributed by atoms with Gasteiger partial charge < -0.3 is 10.2 Å². The van der Waals surface area contributed by atoms with Crippen LogP contribution < -0.4 is 21.1 Å². The van der Waals surface area contributed by atoms with Gasteiger partial charge in [0.1, 0.15) is 0 Å². The Morgan fingerprint density at radius 1 is 0.355 bits per heavy atom. The van der Waals surface area contributed by atoms with Crippen molar-refractivity contribution in [1.29, 1.82) is 0 Å². The molecule has 0 atom stereocenters. The first-order valence-corrected chi connectivity index (χ1v) is 9.14. The third-order valence-corrected chi connectivity index (χ3v) is 3.25. The van der Waals surface area contributed by atoms with Crippen LogP contribution in [-0.2, 0) is 0 Å². The molecule has 31 heavy (non-hydrogen) atoms. The molecule has 0 spiro atoms. The second-order valence-corrected chi connectivity index (χ2v) is 5.59. The van der Waals surface area contributed by atoms with Crippen LogP contribution in [0.4, 0.5) is 0 Å². The first-order chi connectivity index (χ1) is 14.6. The van der Waals surface area contributed by atoms with Gasteiger partial charge in [0.05, 0.1) is 0 Å². The molecule has 0 aromatic heterocycles. The van der Waals surface area contributed by atoms with Gasteiger partial charge in [-0.2, -0.15) is 0 Å². The molecule has 0 N–H and O–H groups in total. The minimum Gasteiger partial charge on any atom is -0.870 e. The molecule has 0 bridgehead atoms. The van der Waals surface area contributed by atoms with E-state index in [1.165, 1.54) is 24.3 Å². The molecule has 0 heterocycles. The van der Waals surface area contributed by atoms with Crippen molar-refractivity contribution < 1.29 is 10.2 Å². The number of benzene rings is 2. The monoisotopic (exact) mass is 518 g/mol. The van der Waals surface area contributed by atoms with Crippen LogP contribution in [0.5, 0.6) is 11.5 Å². The molecule has 4 aromatic rings. The summed E-state index contributed by atoms with van der Waals surface area (Å²) < 4.78 is 0. The molecule has 0 saturated heterocycles. The Morgan fingerprint density at radius 2 is 0.548 bits per heavy atom. The van der Waals surface area contributed by atoms with Crippen LogP contribution in [0, 0.1) is 0 Å². The fourth-order valence-electron chi connectivity index (χ4n) is 1.80. The smallest absolute Gasteiger partial charge is 0.870 e. The summed E-state index contributed by atoms with van der Waals surface area (Å²) in [7, 11) is 0. The zero-order chi connectivity index (χ0) is 21.9. The van der Waals surface area contributed by atoms with Gasteiger partial charge in [-0.05, 0) is 12.1 Å². The molecular weight excluding hydrogens is 495 g/mol. The Labute approximate surface area is 199 Å². The molecule has 0 unspecified atom stereocenters. The summed E-state index contributed by atoms with van der Waals surface area (Å²) in [4.78, 5) is 21.0. The van der Waals surface area contributed by atoms with Crippen LogP contribution in [0.2, 0.25) is 0 Å². The normalized spacial score (nSPS) is 8.26. The summed E-state index contributed by atoms with van der Waals surface area (Å²) >= 11 is 0. The molecule has 154 valence electrons. The average Bonchev–Trinajstić information content (AvgIpc) is 3.11. The molecule has 0 aliphatic rings. The predicted molar refractivity (Wildman–Crippen MR) is 123 cm³/mol. The maximum atomic E-state index is 10.5. The Bertz CT molecular complexity index is 917. The molecule has 0 amide bonds. The molecule has 0 saturated carbocycles. The Morgan fingerprint density at radius 3 is 0.806 bits per heavy atom. The Hall–Kier alpha value is -3.38. The van der Waals surface area contributed by atoms with Crippen molar-refractivity contribution in [2.45, 2.75) is 0 Å². The Balaban J connectivity index is 0.000000389. The SMILES string of the molecule is O=c1cccccc1[O-].O=c1cccccc1[O-].[Sn+2].c1ccccc1.c1ccccc1. The van der Waals surface area contributed by atoms with Crippen molar-refractivity contribution in [3.05, 3.63) is 154 Å². The van der Waals surface area contributed by atoms with E-state index in [-0.39, 0.29) is 23.9 Å². The van der Waals surface area contributed by atoms with Crippen molar-refractivity contribution in [1.82, 2.24) is 0 Å². The quantitative estimate of drug-likeness (QED) is 0.336. The summed E-state index contributed by atoms with van der Waals surface area (Å²) in [5.41, 5.74) is -0.917. The summed E-state index contributed by atoms with van der Waals surface area (Å²) in [6, 6.07) is 38.5. The van der Waals surface area contributed by atoms with E-state index in [4.69, 9.17) is 0 Å². The molecule has 0 fully saturated rings. The van der Waals surface area contributed by atoms with Gasteiger partial charge in [-0.25, -0.2) is 0 Å². The molecule has 0 aliphatic carbocycles. The van der Waals surface area contributed by atoms with Gasteiger partial charge in [0.15, 0.2) is 10.9 Å². The minimum atomic E-state index is -0.458. The number of hydrogen-bond acceptors (Lipinski definition) is 4. The fourth-order valence-corrected chi connectivity index (χ4v) is 1.80. The van der Waals surface area contributed by atoms with E-state index in [9.17, 15) is 19.8 Å². The maximum Gasteiger partial charge on any atom is 2.00 e. The second-order valence-electron chi connectivity index (χ2n) is 5.59. The second kappa shape index (κ2) is 18.6. The molecular formula is C26H22O4Sn. The van der Waals surface area contributed by atoms with E-state index in [2.05, 4.69) is 0 Å². The molecule has 4 rings (SSSR count). The third kappa shape index (κ3) is 15.2. The van der Waals surface area contributed by atoms with Gasteiger partial charge in [0.2, 0.25) is 0 Å². The van der Waals surface area contributed by atoms with Gasteiger partial charge in [-0.3, -0.25) is 9.59 Å². The van der Waals surface area contributed by atoms with Crippen LogP contribution >= 0.6 is 0 Å². The first kappa shape index (κ1) is 27.6. The van der Waals surface area contributed by atoms with Crippen LogP contribution in [0.15, 0.2) is 143 Å². The zero-order valence-electron chi connectivity index (χ0n) is 16.8. The molecule has 4 aromatic carbocycles. The van der Waals surface area contributed by atoms with Crippen LogP contribution in [0.25, 0.3) is 0 Å². The van der Waals surface area contributed by atoms with Gasteiger partial charge in [-0.15, -0.1) is 0 Å². The number of hydrogen-bond donors (Lipinski definition) is 0.